The van der Waals surface area contributed by atoms with Crippen LogP contribution in [-0.4, -0.2) is 50.5 Å². The molecule has 0 unspecified atom stereocenters. The van der Waals surface area contributed by atoms with Crippen LogP contribution in [0.25, 0.3) is 0 Å². The highest BCUT2D eigenvalue weighted by molar-refractivity contribution is 14.0. The van der Waals surface area contributed by atoms with Gasteiger partial charge in [0.2, 0.25) is 5.91 Å². The minimum Gasteiger partial charge on any atom is -0.357 e. The molecule has 5 nitrogen and oxygen atoms in total. The summed E-state index contributed by atoms with van der Waals surface area (Å²) in [6.45, 7) is 2.64. The molecule has 1 rings (SSSR count). The molecule has 0 heterocycles. The van der Waals surface area contributed by atoms with Gasteiger partial charge in [-0.3, -0.25) is 4.79 Å². The first-order valence-electron chi connectivity index (χ1n) is 7.62. The molecule has 0 fully saturated rings. The average molecular weight is 482 g/mol. The van der Waals surface area contributed by atoms with E-state index in [-0.39, 0.29) is 48.5 Å². The van der Waals surface area contributed by atoms with Crippen LogP contribution < -0.4 is 10.6 Å². The number of nitrogens with zero attached hydrogens (tertiary/aromatic N) is 2. The molecule has 0 aliphatic carbocycles. The number of guanidine groups is 1. The maximum Gasteiger partial charge on any atom is 0.416 e. The van der Waals surface area contributed by atoms with E-state index in [2.05, 4.69) is 27.5 Å². The second kappa shape index (κ2) is 11.6. The van der Waals surface area contributed by atoms with Crippen LogP contribution in [-0.2, 0) is 11.0 Å². The molecule has 9 heteroatoms. The summed E-state index contributed by atoms with van der Waals surface area (Å²) in [6.07, 6.45) is -4.39. The quantitative estimate of drug-likeness (QED) is 0.300. The number of benzene rings is 1. The number of carbonyl (C=O) groups excluding carboxylic acids is 1. The van der Waals surface area contributed by atoms with Gasteiger partial charge in [-0.15, -0.1) is 24.0 Å². The van der Waals surface area contributed by atoms with Crippen molar-refractivity contribution >= 4 is 35.8 Å². The van der Waals surface area contributed by atoms with Crippen LogP contribution >= 0.6 is 24.0 Å². The van der Waals surface area contributed by atoms with E-state index in [1.165, 1.54) is 17.0 Å². The Labute approximate surface area is 168 Å². The summed E-state index contributed by atoms with van der Waals surface area (Å²) in [5.74, 6) is 5.67. The smallest absolute Gasteiger partial charge is 0.357 e. The Kier molecular flexibility index (Phi) is 10.7. The lowest BCUT2D eigenvalue weighted by atomic mass is 10.1. The van der Waals surface area contributed by atoms with Gasteiger partial charge >= 0.3 is 6.18 Å². The molecule has 0 bridgehead atoms. The molecule has 0 aliphatic heterocycles. The summed E-state index contributed by atoms with van der Waals surface area (Å²) in [5, 5.41) is 5.86. The van der Waals surface area contributed by atoms with E-state index in [1.54, 1.807) is 14.1 Å². The number of likely N-dealkylation sites (N-methyl/N-ethyl adjacent to an activating group) is 1. The Morgan fingerprint density at radius 2 is 1.96 bits per heavy atom. The van der Waals surface area contributed by atoms with E-state index in [9.17, 15) is 18.0 Å². The third-order valence-corrected chi connectivity index (χ3v) is 2.98. The molecule has 0 saturated carbocycles. The molecule has 0 aromatic heterocycles. The molecule has 0 aliphatic rings. The summed E-state index contributed by atoms with van der Waals surface area (Å²) in [6, 6.07) is 4.83. The monoisotopic (exact) mass is 482 g/mol. The van der Waals surface area contributed by atoms with Crippen molar-refractivity contribution in [3.05, 3.63) is 35.4 Å². The predicted octanol–water partition coefficient (Wildman–Crippen LogP) is 2.32. The fourth-order valence-electron chi connectivity index (χ4n) is 1.68. The number of nitrogens with one attached hydrogen (secondary N) is 2. The molecule has 144 valence electrons. The van der Waals surface area contributed by atoms with Crippen molar-refractivity contribution in [1.29, 1.82) is 0 Å². The second-order valence-corrected chi connectivity index (χ2v) is 5.22. The second-order valence-electron chi connectivity index (χ2n) is 5.22. The van der Waals surface area contributed by atoms with Crippen LogP contribution in [0, 0.1) is 11.8 Å². The SMILES string of the molecule is CCNC(=NCC(=O)N(C)C)NCC#Cc1cccc(C(F)(F)F)c1.I. The molecular formula is C17H22F3IN4O. The molecule has 0 saturated heterocycles. The standard InChI is InChI=1S/C17H21F3N4O.HI/c1-4-21-16(23-12-15(25)24(2)3)22-10-6-8-13-7-5-9-14(11-13)17(18,19)20;/h5,7,9,11H,4,10,12H2,1-3H3,(H2,21,22,23);1H. The molecular weight excluding hydrogens is 460 g/mol. The van der Waals surface area contributed by atoms with Crippen molar-refractivity contribution < 1.29 is 18.0 Å². The molecule has 26 heavy (non-hydrogen) atoms. The highest BCUT2D eigenvalue weighted by Crippen LogP contribution is 2.29. The summed E-state index contributed by atoms with van der Waals surface area (Å²) >= 11 is 0. The Morgan fingerprint density at radius 1 is 1.27 bits per heavy atom. The van der Waals surface area contributed by atoms with Gasteiger partial charge < -0.3 is 15.5 Å². The van der Waals surface area contributed by atoms with Crippen LogP contribution in [0.15, 0.2) is 29.3 Å². The fraction of sp³-hybridized carbons (Fsp3) is 0.412. The van der Waals surface area contributed by atoms with Crippen LogP contribution in [0.3, 0.4) is 0 Å². The maximum atomic E-state index is 12.6. The van der Waals surface area contributed by atoms with Gasteiger partial charge in [0.15, 0.2) is 5.96 Å². The Morgan fingerprint density at radius 3 is 2.54 bits per heavy atom. The number of alkyl halides is 3. The third-order valence-electron chi connectivity index (χ3n) is 2.98. The maximum absolute atomic E-state index is 12.6. The topological polar surface area (TPSA) is 56.7 Å². The molecule has 0 spiro atoms. The molecule has 1 amide bonds. The first-order valence-corrected chi connectivity index (χ1v) is 7.62. The Balaban J connectivity index is 0.00000625. The first kappa shape index (κ1) is 24.0. The Hall–Kier alpha value is -1.96. The Bertz CT molecular complexity index is 679. The zero-order chi connectivity index (χ0) is 18.9. The minimum absolute atomic E-state index is 0. The van der Waals surface area contributed by atoms with E-state index in [1.807, 2.05) is 6.92 Å². The van der Waals surface area contributed by atoms with Crippen molar-refractivity contribution in [1.82, 2.24) is 15.5 Å². The molecule has 1 aromatic rings. The van der Waals surface area contributed by atoms with Gasteiger partial charge in [0, 0.05) is 26.2 Å². The van der Waals surface area contributed by atoms with Crippen molar-refractivity contribution in [2.45, 2.75) is 13.1 Å². The normalized spacial score (nSPS) is 10.9. The number of amides is 1. The number of rotatable bonds is 4. The van der Waals surface area contributed by atoms with Gasteiger partial charge in [-0.05, 0) is 25.1 Å². The van der Waals surface area contributed by atoms with Crippen LogP contribution in [0.4, 0.5) is 13.2 Å². The number of hydrogen-bond donors (Lipinski definition) is 2. The van der Waals surface area contributed by atoms with Crippen molar-refractivity contribution in [3.8, 4) is 11.8 Å². The zero-order valence-corrected chi connectivity index (χ0v) is 17.1. The van der Waals surface area contributed by atoms with Crippen molar-refractivity contribution in [3.63, 3.8) is 0 Å². The number of carbonyl (C=O) groups is 1. The fourth-order valence-corrected chi connectivity index (χ4v) is 1.68. The van der Waals surface area contributed by atoms with Gasteiger partial charge in [0.05, 0.1) is 12.1 Å². The first-order chi connectivity index (χ1) is 11.7. The summed E-state index contributed by atoms with van der Waals surface area (Å²) in [5.41, 5.74) is -0.453. The zero-order valence-electron chi connectivity index (χ0n) is 14.8. The van der Waals surface area contributed by atoms with Gasteiger partial charge in [0.1, 0.15) is 6.54 Å². The lowest BCUT2D eigenvalue weighted by Crippen LogP contribution is -2.38. The van der Waals surface area contributed by atoms with E-state index >= 15 is 0 Å². The molecule has 1 aromatic carbocycles. The predicted molar refractivity (Wildman–Crippen MR) is 106 cm³/mol. The van der Waals surface area contributed by atoms with Crippen molar-refractivity contribution in [2.75, 3.05) is 33.7 Å². The van der Waals surface area contributed by atoms with Crippen LogP contribution in [0.5, 0.6) is 0 Å². The van der Waals surface area contributed by atoms with Crippen molar-refractivity contribution in [2.24, 2.45) is 4.99 Å². The summed E-state index contributed by atoms with van der Waals surface area (Å²) in [7, 11) is 3.28. The number of aliphatic imine (C=N–C) groups is 1. The highest BCUT2D eigenvalue weighted by atomic mass is 127. The summed E-state index contributed by atoms with van der Waals surface area (Å²) in [4.78, 5) is 17.1. The van der Waals surface area contributed by atoms with Gasteiger partial charge in [-0.25, -0.2) is 4.99 Å². The molecule has 2 N–H and O–H groups in total. The lowest BCUT2D eigenvalue weighted by Gasteiger charge is -2.11. The molecule has 0 radical (unpaired) electrons. The van der Waals surface area contributed by atoms with Gasteiger partial charge in [-0.1, -0.05) is 17.9 Å². The highest BCUT2D eigenvalue weighted by Gasteiger charge is 2.30. The molecule has 0 atom stereocenters. The van der Waals surface area contributed by atoms with E-state index in [0.29, 0.717) is 12.5 Å². The average Bonchev–Trinajstić information content (AvgIpc) is 2.55. The minimum atomic E-state index is -4.39. The van der Waals surface area contributed by atoms with E-state index < -0.39 is 11.7 Å². The number of halogens is 4. The van der Waals surface area contributed by atoms with Crippen LogP contribution in [0.1, 0.15) is 18.1 Å². The van der Waals surface area contributed by atoms with Gasteiger partial charge in [0.25, 0.3) is 0 Å². The van der Waals surface area contributed by atoms with Crippen LogP contribution in [0.2, 0.25) is 0 Å². The third kappa shape index (κ3) is 8.94. The van der Waals surface area contributed by atoms with Gasteiger partial charge in [-0.2, -0.15) is 13.2 Å². The number of hydrogen-bond acceptors (Lipinski definition) is 2. The summed E-state index contributed by atoms with van der Waals surface area (Å²) < 4.78 is 37.9. The van der Waals surface area contributed by atoms with E-state index in [0.717, 1.165) is 12.1 Å². The largest absolute Gasteiger partial charge is 0.416 e. The van der Waals surface area contributed by atoms with E-state index in [4.69, 9.17) is 0 Å². The lowest BCUT2D eigenvalue weighted by molar-refractivity contribution is -0.137.